The molecule has 0 aliphatic heterocycles. The minimum atomic E-state index is -3.31. The number of thioether (sulfide) groups is 1. The van der Waals surface area contributed by atoms with Crippen LogP contribution in [-0.2, 0) is 9.84 Å². The summed E-state index contributed by atoms with van der Waals surface area (Å²) in [6.45, 7) is 0. The highest BCUT2D eigenvalue weighted by Crippen LogP contribution is 2.20. The van der Waals surface area contributed by atoms with Crippen molar-refractivity contribution in [2.45, 2.75) is 9.24 Å². The molecule has 2 aromatic rings. The molecule has 1 heterocycles. The lowest BCUT2D eigenvalue weighted by Crippen LogP contribution is -2.08. The van der Waals surface area contributed by atoms with Gasteiger partial charge in [0.1, 0.15) is 6.33 Å². The van der Waals surface area contributed by atoms with Crippen LogP contribution in [0.4, 0.5) is 0 Å². The standard InChI is InChI=1S/C11H9N3O2S3/c12-7-9-1-3-10(4-2-9)19(15,16)6-5-17-11-13-8-14-18-11/h1-4,8H,5-6H2. The highest BCUT2D eigenvalue weighted by atomic mass is 32.2. The van der Waals surface area contributed by atoms with E-state index in [1.165, 1.54) is 53.9 Å². The van der Waals surface area contributed by atoms with Crippen LogP contribution < -0.4 is 0 Å². The minimum absolute atomic E-state index is 0.0309. The summed E-state index contributed by atoms with van der Waals surface area (Å²) in [5.74, 6) is 0.459. The lowest BCUT2D eigenvalue weighted by atomic mass is 10.2. The largest absolute Gasteiger partial charge is 0.224 e. The highest BCUT2D eigenvalue weighted by molar-refractivity contribution is 8.02. The first kappa shape index (κ1) is 14.0. The van der Waals surface area contributed by atoms with Crippen LogP contribution in [0.3, 0.4) is 0 Å². The summed E-state index contributed by atoms with van der Waals surface area (Å²) in [5, 5.41) is 8.66. The van der Waals surface area contributed by atoms with Gasteiger partial charge in [0.15, 0.2) is 14.2 Å². The molecular weight excluding hydrogens is 302 g/mol. The van der Waals surface area contributed by atoms with E-state index in [-0.39, 0.29) is 10.6 Å². The molecule has 0 unspecified atom stereocenters. The molecule has 0 radical (unpaired) electrons. The number of sulfone groups is 1. The predicted octanol–water partition coefficient (Wildman–Crippen LogP) is 1.98. The molecule has 19 heavy (non-hydrogen) atoms. The van der Waals surface area contributed by atoms with Gasteiger partial charge in [-0.25, -0.2) is 13.4 Å². The lowest BCUT2D eigenvalue weighted by Gasteiger charge is -2.03. The third kappa shape index (κ3) is 3.76. The summed E-state index contributed by atoms with van der Waals surface area (Å²) in [6, 6.07) is 7.89. The maximum absolute atomic E-state index is 12.0. The Morgan fingerprint density at radius 3 is 2.63 bits per heavy atom. The molecule has 0 aliphatic rings. The zero-order valence-electron chi connectivity index (χ0n) is 9.68. The van der Waals surface area contributed by atoms with Gasteiger partial charge in [-0.2, -0.15) is 9.64 Å². The van der Waals surface area contributed by atoms with Gasteiger partial charge in [0.05, 0.1) is 22.3 Å². The molecule has 8 heteroatoms. The normalized spacial score (nSPS) is 11.1. The minimum Gasteiger partial charge on any atom is -0.224 e. The summed E-state index contributed by atoms with van der Waals surface area (Å²) in [7, 11) is -3.31. The van der Waals surface area contributed by atoms with Crippen LogP contribution in [0, 0.1) is 11.3 Å². The van der Waals surface area contributed by atoms with Gasteiger partial charge in [-0.3, -0.25) is 0 Å². The molecule has 98 valence electrons. The van der Waals surface area contributed by atoms with E-state index in [9.17, 15) is 8.42 Å². The summed E-state index contributed by atoms with van der Waals surface area (Å²) in [5.41, 5.74) is 0.446. The Labute approximate surface area is 119 Å². The van der Waals surface area contributed by atoms with Gasteiger partial charge in [0, 0.05) is 5.75 Å². The van der Waals surface area contributed by atoms with E-state index in [1.807, 2.05) is 6.07 Å². The Kier molecular flexibility index (Phi) is 4.52. The van der Waals surface area contributed by atoms with E-state index < -0.39 is 9.84 Å². The van der Waals surface area contributed by atoms with E-state index in [0.717, 1.165) is 4.34 Å². The second kappa shape index (κ2) is 6.14. The van der Waals surface area contributed by atoms with Crippen molar-refractivity contribution in [2.24, 2.45) is 0 Å². The van der Waals surface area contributed by atoms with E-state index >= 15 is 0 Å². The van der Waals surface area contributed by atoms with Crippen molar-refractivity contribution in [3.05, 3.63) is 36.2 Å². The fourth-order valence-corrected chi connectivity index (χ4v) is 4.48. The van der Waals surface area contributed by atoms with Crippen LogP contribution in [0.2, 0.25) is 0 Å². The molecule has 0 atom stereocenters. The Morgan fingerprint density at radius 2 is 2.05 bits per heavy atom. The summed E-state index contributed by atoms with van der Waals surface area (Å²) in [6.07, 6.45) is 1.45. The van der Waals surface area contributed by atoms with E-state index in [1.54, 1.807) is 0 Å². The first-order valence-electron chi connectivity index (χ1n) is 5.24. The number of nitrogens with zero attached hydrogens (tertiary/aromatic N) is 3. The zero-order valence-corrected chi connectivity index (χ0v) is 12.1. The van der Waals surface area contributed by atoms with Crippen molar-refractivity contribution in [2.75, 3.05) is 11.5 Å². The van der Waals surface area contributed by atoms with Gasteiger partial charge in [-0.05, 0) is 35.8 Å². The molecule has 1 aromatic carbocycles. The van der Waals surface area contributed by atoms with Crippen LogP contribution in [0.25, 0.3) is 0 Å². The van der Waals surface area contributed by atoms with Gasteiger partial charge in [-0.15, -0.1) is 0 Å². The summed E-state index contributed by atoms with van der Waals surface area (Å²) < 4.78 is 28.7. The molecule has 0 saturated carbocycles. The number of nitriles is 1. The van der Waals surface area contributed by atoms with Crippen molar-refractivity contribution in [3.8, 4) is 6.07 Å². The molecule has 0 fully saturated rings. The highest BCUT2D eigenvalue weighted by Gasteiger charge is 2.14. The topological polar surface area (TPSA) is 83.7 Å². The Bertz CT molecular complexity index is 673. The molecule has 0 aliphatic carbocycles. The molecular formula is C11H9N3O2S3. The van der Waals surface area contributed by atoms with E-state index in [2.05, 4.69) is 9.36 Å². The molecule has 0 amide bonds. The molecule has 0 bridgehead atoms. The number of benzene rings is 1. The first-order chi connectivity index (χ1) is 9.12. The SMILES string of the molecule is N#Cc1ccc(S(=O)(=O)CCSc2ncns2)cc1. The second-order valence-corrected chi connectivity index (χ2v) is 7.74. The van der Waals surface area contributed by atoms with Gasteiger partial charge < -0.3 is 0 Å². The quantitative estimate of drug-likeness (QED) is 0.785. The smallest absolute Gasteiger partial charge is 0.179 e. The van der Waals surface area contributed by atoms with Gasteiger partial charge in [0.25, 0.3) is 0 Å². The molecule has 0 spiro atoms. The van der Waals surface area contributed by atoms with Gasteiger partial charge in [0.2, 0.25) is 0 Å². The van der Waals surface area contributed by atoms with Crippen molar-refractivity contribution in [1.29, 1.82) is 5.26 Å². The molecule has 1 aromatic heterocycles. The van der Waals surface area contributed by atoms with Crippen LogP contribution in [0.1, 0.15) is 5.56 Å². The van der Waals surface area contributed by atoms with Gasteiger partial charge in [-0.1, -0.05) is 11.8 Å². The molecule has 2 rings (SSSR count). The van der Waals surface area contributed by atoms with Crippen LogP contribution >= 0.6 is 23.3 Å². The number of hydrogen-bond acceptors (Lipinski definition) is 7. The van der Waals surface area contributed by atoms with Crippen molar-refractivity contribution < 1.29 is 8.42 Å². The Morgan fingerprint density at radius 1 is 1.32 bits per heavy atom. The Hall–Kier alpha value is -1.43. The second-order valence-electron chi connectivity index (χ2n) is 3.51. The van der Waals surface area contributed by atoms with Crippen molar-refractivity contribution in [3.63, 3.8) is 0 Å². The monoisotopic (exact) mass is 311 g/mol. The van der Waals surface area contributed by atoms with Crippen LogP contribution in [0.15, 0.2) is 39.8 Å². The first-order valence-corrected chi connectivity index (χ1v) is 8.65. The predicted molar refractivity (Wildman–Crippen MR) is 73.8 cm³/mol. The van der Waals surface area contributed by atoms with Crippen LogP contribution in [0.5, 0.6) is 0 Å². The fourth-order valence-electron chi connectivity index (χ4n) is 1.32. The number of rotatable bonds is 5. The molecule has 0 N–H and O–H groups in total. The average molecular weight is 311 g/mol. The lowest BCUT2D eigenvalue weighted by molar-refractivity contribution is 0.597. The third-order valence-electron chi connectivity index (χ3n) is 2.26. The fraction of sp³-hybridized carbons (Fsp3) is 0.182. The summed E-state index contributed by atoms with van der Waals surface area (Å²) >= 11 is 2.61. The van der Waals surface area contributed by atoms with Crippen molar-refractivity contribution in [1.82, 2.24) is 9.36 Å². The maximum atomic E-state index is 12.0. The maximum Gasteiger partial charge on any atom is 0.179 e. The molecule has 5 nitrogen and oxygen atoms in total. The summed E-state index contributed by atoms with van der Waals surface area (Å²) in [4.78, 5) is 4.21. The van der Waals surface area contributed by atoms with Crippen molar-refractivity contribution >= 4 is 33.1 Å². The third-order valence-corrected chi connectivity index (χ3v) is 6.05. The van der Waals surface area contributed by atoms with Gasteiger partial charge >= 0.3 is 0 Å². The zero-order chi connectivity index (χ0) is 13.7. The van der Waals surface area contributed by atoms with E-state index in [0.29, 0.717) is 11.3 Å². The number of aromatic nitrogens is 2. The average Bonchev–Trinajstić information content (AvgIpc) is 2.92. The van der Waals surface area contributed by atoms with E-state index in [4.69, 9.17) is 5.26 Å². The van der Waals surface area contributed by atoms with Crippen LogP contribution in [-0.4, -0.2) is 29.3 Å². The molecule has 0 saturated heterocycles. The number of hydrogen-bond donors (Lipinski definition) is 0. The Balaban J connectivity index is 1.99.